The molecule has 0 bridgehead atoms. The van der Waals surface area contributed by atoms with E-state index >= 15 is 0 Å². The molecule has 2 amide bonds. The molecule has 5 nitrogen and oxygen atoms in total. The third-order valence-electron chi connectivity index (χ3n) is 3.72. The summed E-state index contributed by atoms with van der Waals surface area (Å²) >= 11 is 0. The number of carboxylic acid groups (broad SMARTS) is 1. The Balaban J connectivity index is 2.06. The van der Waals surface area contributed by atoms with Gasteiger partial charge in [-0.2, -0.15) is 0 Å². The first-order chi connectivity index (χ1) is 10.0. The smallest absolute Gasteiger partial charge is 0.337 e. The van der Waals surface area contributed by atoms with E-state index in [1.807, 2.05) is 0 Å². The third kappa shape index (κ3) is 3.71. The molecule has 1 aliphatic heterocycles. The van der Waals surface area contributed by atoms with Crippen LogP contribution in [0.15, 0.2) is 18.2 Å². The summed E-state index contributed by atoms with van der Waals surface area (Å²) in [5.74, 6) is -1.29. The predicted octanol–water partition coefficient (Wildman–Crippen LogP) is 3.18. The number of hydrogen-bond donors (Lipinski definition) is 2. The highest BCUT2D eigenvalue weighted by Crippen LogP contribution is 2.23. The zero-order valence-corrected chi connectivity index (χ0v) is 11.9. The summed E-state index contributed by atoms with van der Waals surface area (Å²) in [5, 5.41) is 11.6. The lowest BCUT2D eigenvalue weighted by atomic mass is 10.0. The van der Waals surface area contributed by atoms with Crippen LogP contribution in [0.1, 0.15) is 36.5 Å². The number of rotatable bonds is 4. The van der Waals surface area contributed by atoms with Crippen molar-refractivity contribution in [2.75, 3.05) is 18.4 Å². The van der Waals surface area contributed by atoms with Gasteiger partial charge in [0.15, 0.2) is 0 Å². The van der Waals surface area contributed by atoms with Crippen LogP contribution in [0.2, 0.25) is 0 Å². The van der Waals surface area contributed by atoms with Crippen LogP contribution < -0.4 is 5.32 Å². The van der Waals surface area contributed by atoms with Crippen LogP contribution in [0, 0.1) is 11.7 Å². The van der Waals surface area contributed by atoms with Crippen LogP contribution in [0.3, 0.4) is 0 Å². The van der Waals surface area contributed by atoms with Crippen LogP contribution in [0.25, 0.3) is 0 Å². The number of anilines is 1. The van der Waals surface area contributed by atoms with Crippen molar-refractivity contribution in [2.45, 2.75) is 26.2 Å². The monoisotopic (exact) mass is 294 g/mol. The Morgan fingerprint density at radius 3 is 2.90 bits per heavy atom. The number of nitrogens with zero attached hydrogens (tertiary/aromatic N) is 1. The predicted molar refractivity (Wildman–Crippen MR) is 77.0 cm³/mol. The minimum absolute atomic E-state index is 0.00792. The van der Waals surface area contributed by atoms with E-state index in [1.54, 1.807) is 4.90 Å². The summed E-state index contributed by atoms with van der Waals surface area (Å²) < 4.78 is 13.2. The molecule has 0 aromatic heterocycles. The molecule has 21 heavy (non-hydrogen) atoms. The number of carbonyl (C=O) groups is 2. The summed E-state index contributed by atoms with van der Waals surface area (Å²) in [6, 6.07) is 2.87. The number of halogens is 1. The topological polar surface area (TPSA) is 69.6 Å². The zero-order valence-electron chi connectivity index (χ0n) is 11.9. The van der Waals surface area contributed by atoms with Crippen molar-refractivity contribution in [3.8, 4) is 0 Å². The molecule has 1 aliphatic rings. The van der Waals surface area contributed by atoms with Crippen LogP contribution in [-0.2, 0) is 0 Å². The summed E-state index contributed by atoms with van der Waals surface area (Å²) in [4.78, 5) is 24.9. The lowest BCUT2D eigenvalue weighted by molar-refractivity contribution is 0.0698. The van der Waals surface area contributed by atoms with Gasteiger partial charge in [0.1, 0.15) is 5.82 Å². The molecule has 2 rings (SSSR count). The molecule has 114 valence electrons. The Bertz CT molecular complexity index is 548. The van der Waals surface area contributed by atoms with Gasteiger partial charge in [0.25, 0.3) is 0 Å². The molecule has 1 unspecified atom stereocenters. The van der Waals surface area contributed by atoms with E-state index in [4.69, 9.17) is 5.11 Å². The first-order valence-electron chi connectivity index (χ1n) is 7.10. The highest BCUT2D eigenvalue weighted by molar-refractivity contribution is 6.00. The Kier molecular flexibility index (Phi) is 4.77. The molecular weight excluding hydrogens is 275 g/mol. The third-order valence-corrected chi connectivity index (χ3v) is 3.72. The van der Waals surface area contributed by atoms with Gasteiger partial charge >= 0.3 is 12.0 Å². The first kappa shape index (κ1) is 15.3. The van der Waals surface area contributed by atoms with E-state index in [1.165, 1.54) is 0 Å². The number of amides is 2. The maximum atomic E-state index is 13.2. The molecular formula is C15H19FN2O3. The first-order valence-corrected chi connectivity index (χ1v) is 7.10. The minimum atomic E-state index is -1.20. The van der Waals surface area contributed by atoms with E-state index in [-0.39, 0.29) is 17.3 Å². The average molecular weight is 294 g/mol. The molecule has 1 saturated heterocycles. The van der Waals surface area contributed by atoms with Gasteiger partial charge in [0, 0.05) is 13.1 Å². The van der Waals surface area contributed by atoms with E-state index in [0.717, 1.165) is 37.5 Å². The van der Waals surface area contributed by atoms with Gasteiger partial charge in [-0.05, 0) is 37.0 Å². The van der Waals surface area contributed by atoms with Gasteiger partial charge in [-0.3, -0.25) is 0 Å². The van der Waals surface area contributed by atoms with E-state index in [9.17, 15) is 14.0 Å². The maximum absolute atomic E-state index is 13.2. The molecule has 1 aromatic carbocycles. The zero-order chi connectivity index (χ0) is 15.4. The summed E-state index contributed by atoms with van der Waals surface area (Å²) in [6.07, 6.45) is 3.10. The molecule has 1 aromatic rings. The number of aromatic carboxylic acids is 1. The highest BCUT2D eigenvalue weighted by Gasteiger charge is 2.26. The van der Waals surface area contributed by atoms with E-state index in [0.29, 0.717) is 19.0 Å². The lowest BCUT2D eigenvalue weighted by Crippen LogP contribution is -2.33. The molecule has 1 heterocycles. The van der Waals surface area contributed by atoms with E-state index in [2.05, 4.69) is 12.2 Å². The number of carbonyl (C=O) groups excluding carboxylic acids is 1. The van der Waals surface area contributed by atoms with Crippen molar-refractivity contribution >= 4 is 17.7 Å². The van der Waals surface area contributed by atoms with Gasteiger partial charge in [0.05, 0.1) is 11.3 Å². The van der Waals surface area contributed by atoms with Crippen molar-refractivity contribution in [1.29, 1.82) is 0 Å². The number of hydrogen-bond acceptors (Lipinski definition) is 2. The largest absolute Gasteiger partial charge is 0.478 e. The second-order valence-electron chi connectivity index (χ2n) is 5.31. The van der Waals surface area contributed by atoms with Gasteiger partial charge < -0.3 is 15.3 Å². The molecule has 0 aliphatic carbocycles. The van der Waals surface area contributed by atoms with Crippen molar-refractivity contribution < 1.29 is 19.1 Å². The molecule has 2 N–H and O–H groups in total. The number of nitrogens with one attached hydrogen (secondary N) is 1. The van der Waals surface area contributed by atoms with Gasteiger partial charge in [-0.25, -0.2) is 14.0 Å². The van der Waals surface area contributed by atoms with E-state index < -0.39 is 11.8 Å². The maximum Gasteiger partial charge on any atom is 0.337 e. The number of urea groups is 1. The van der Waals surface area contributed by atoms with Crippen LogP contribution in [-0.4, -0.2) is 35.1 Å². The standard InChI is InChI=1S/C15H19FN2O3/c1-2-3-10-6-7-18(9-10)15(21)17-13-8-11(16)4-5-12(13)14(19)20/h4-5,8,10H,2-3,6-7,9H2,1H3,(H,17,21)(H,19,20). The molecule has 0 radical (unpaired) electrons. The Morgan fingerprint density at radius 1 is 1.48 bits per heavy atom. The van der Waals surface area contributed by atoms with Gasteiger partial charge in [-0.15, -0.1) is 0 Å². The average Bonchev–Trinajstić information content (AvgIpc) is 2.87. The SMILES string of the molecule is CCCC1CCN(C(=O)Nc2cc(F)ccc2C(=O)O)C1. The summed E-state index contributed by atoms with van der Waals surface area (Å²) in [6.45, 7) is 3.42. The van der Waals surface area contributed by atoms with Crippen LogP contribution in [0.5, 0.6) is 0 Å². The Morgan fingerprint density at radius 2 is 2.24 bits per heavy atom. The number of carboxylic acids is 1. The van der Waals surface area contributed by atoms with Crippen molar-refractivity contribution in [3.05, 3.63) is 29.6 Å². The fourth-order valence-electron chi connectivity index (χ4n) is 2.66. The molecule has 1 atom stereocenters. The normalized spacial score (nSPS) is 17.8. The fourth-order valence-corrected chi connectivity index (χ4v) is 2.66. The molecule has 0 spiro atoms. The highest BCUT2D eigenvalue weighted by atomic mass is 19.1. The van der Waals surface area contributed by atoms with Crippen molar-refractivity contribution in [2.24, 2.45) is 5.92 Å². The molecule has 0 saturated carbocycles. The Labute approximate surface area is 122 Å². The van der Waals surface area contributed by atoms with Crippen LogP contribution >= 0.6 is 0 Å². The van der Waals surface area contributed by atoms with Crippen LogP contribution in [0.4, 0.5) is 14.9 Å². The number of benzene rings is 1. The minimum Gasteiger partial charge on any atom is -0.478 e. The number of likely N-dealkylation sites (tertiary alicyclic amines) is 1. The summed E-state index contributed by atoms with van der Waals surface area (Å²) in [7, 11) is 0. The Hall–Kier alpha value is -2.11. The van der Waals surface area contributed by atoms with Gasteiger partial charge in [-0.1, -0.05) is 13.3 Å². The van der Waals surface area contributed by atoms with Crippen molar-refractivity contribution in [1.82, 2.24) is 4.90 Å². The summed E-state index contributed by atoms with van der Waals surface area (Å²) in [5.41, 5.74) is -0.125. The second-order valence-corrected chi connectivity index (χ2v) is 5.31. The quantitative estimate of drug-likeness (QED) is 0.896. The molecule has 1 fully saturated rings. The second kappa shape index (κ2) is 6.56. The fraction of sp³-hybridized carbons (Fsp3) is 0.467. The van der Waals surface area contributed by atoms with Crippen molar-refractivity contribution in [3.63, 3.8) is 0 Å². The lowest BCUT2D eigenvalue weighted by Gasteiger charge is -2.18. The van der Waals surface area contributed by atoms with Gasteiger partial charge in [0.2, 0.25) is 0 Å². The molecule has 6 heteroatoms.